The minimum Gasteiger partial charge on any atom is -0.427 e. The summed E-state index contributed by atoms with van der Waals surface area (Å²) >= 11 is 0. The van der Waals surface area contributed by atoms with Crippen LogP contribution in [0.15, 0.2) is 42.9 Å². The Bertz CT molecular complexity index is 797. The van der Waals surface area contributed by atoms with Crippen LogP contribution in [0, 0.1) is 6.92 Å². The fourth-order valence-corrected chi connectivity index (χ4v) is 2.75. The Morgan fingerprint density at radius 2 is 2.00 bits per heavy atom. The first kappa shape index (κ1) is 20.7. The Morgan fingerprint density at radius 1 is 1.26 bits per heavy atom. The van der Waals surface area contributed by atoms with E-state index in [0.717, 1.165) is 11.1 Å². The van der Waals surface area contributed by atoms with Crippen molar-refractivity contribution in [1.82, 2.24) is 15.3 Å². The average Bonchev–Trinajstić information content (AvgIpc) is 2.61. The molecule has 0 fully saturated rings. The van der Waals surface area contributed by atoms with E-state index in [1.807, 2.05) is 31.2 Å². The van der Waals surface area contributed by atoms with E-state index in [1.54, 1.807) is 13.8 Å². The molecule has 2 aromatic rings. The summed E-state index contributed by atoms with van der Waals surface area (Å²) in [6.07, 6.45) is 4.42. The number of nitrogens with one attached hydrogen (secondary N) is 1. The van der Waals surface area contributed by atoms with Crippen molar-refractivity contribution in [3.63, 3.8) is 0 Å². The Hall–Kier alpha value is -2.58. The molecule has 0 saturated carbocycles. The maximum atomic E-state index is 12.7. The van der Waals surface area contributed by atoms with Gasteiger partial charge in [-0.3, -0.25) is 14.6 Å². The molecule has 0 saturated heterocycles. The number of benzene rings is 1. The maximum absolute atomic E-state index is 12.7. The van der Waals surface area contributed by atoms with E-state index in [1.165, 1.54) is 18.6 Å². The summed E-state index contributed by atoms with van der Waals surface area (Å²) in [5.74, 6) is -1.49. The van der Waals surface area contributed by atoms with E-state index >= 15 is 0 Å². The van der Waals surface area contributed by atoms with Gasteiger partial charge in [-0.15, -0.1) is 0 Å². The first-order valence-electron chi connectivity index (χ1n) is 8.72. The highest BCUT2D eigenvalue weighted by Crippen LogP contribution is 2.24. The van der Waals surface area contributed by atoms with Crippen LogP contribution in [-0.2, 0) is 11.2 Å². The zero-order chi connectivity index (χ0) is 20.0. The van der Waals surface area contributed by atoms with Crippen molar-refractivity contribution >= 4 is 18.8 Å². The predicted molar refractivity (Wildman–Crippen MR) is 102 cm³/mol. The van der Waals surface area contributed by atoms with Crippen molar-refractivity contribution in [2.24, 2.45) is 0 Å². The molecule has 0 radical (unpaired) electrons. The third-order valence-corrected chi connectivity index (χ3v) is 4.37. The standard InChI is InChI=1S/C19H24BN3O4/c1-13-5-4-6-14(9-13)10-15(20(26)27)11-17(24)19(2,3)23-18(25)16-12-21-7-8-22-16/h4-9,12,15,26-27H,10-11H2,1-3H3,(H,23,25)/t15-/m1/s1. The van der Waals surface area contributed by atoms with Gasteiger partial charge in [0.1, 0.15) is 5.69 Å². The summed E-state index contributed by atoms with van der Waals surface area (Å²) < 4.78 is 0. The lowest BCUT2D eigenvalue weighted by Crippen LogP contribution is -2.50. The number of hydrogen-bond acceptors (Lipinski definition) is 6. The van der Waals surface area contributed by atoms with Crippen LogP contribution in [0.5, 0.6) is 0 Å². The normalized spacial score (nSPS) is 12.3. The maximum Gasteiger partial charge on any atom is 0.455 e. The van der Waals surface area contributed by atoms with E-state index in [-0.39, 0.29) is 17.9 Å². The second kappa shape index (κ2) is 8.88. The molecular weight excluding hydrogens is 345 g/mol. The van der Waals surface area contributed by atoms with Crippen LogP contribution in [0.25, 0.3) is 0 Å². The number of rotatable bonds is 8. The van der Waals surface area contributed by atoms with E-state index in [0.29, 0.717) is 6.42 Å². The number of carbonyl (C=O) groups excluding carboxylic acids is 2. The molecule has 27 heavy (non-hydrogen) atoms. The molecule has 3 N–H and O–H groups in total. The molecule has 1 amide bonds. The fraction of sp³-hybridized carbons (Fsp3) is 0.368. The van der Waals surface area contributed by atoms with Crippen LogP contribution in [0.2, 0.25) is 5.82 Å². The Kier molecular flexibility index (Phi) is 6.82. The number of nitrogens with zero attached hydrogens (tertiary/aromatic N) is 2. The van der Waals surface area contributed by atoms with E-state index in [4.69, 9.17) is 0 Å². The highest BCUT2D eigenvalue weighted by molar-refractivity contribution is 6.43. The summed E-state index contributed by atoms with van der Waals surface area (Å²) in [6, 6.07) is 7.66. The highest BCUT2D eigenvalue weighted by atomic mass is 16.4. The van der Waals surface area contributed by atoms with Gasteiger partial charge in [0.15, 0.2) is 5.78 Å². The number of aromatic nitrogens is 2. The van der Waals surface area contributed by atoms with Crippen LogP contribution in [0.3, 0.4) is 0 Å². The van der Waals surface area contributed by atoms with Gasteiger partial charge in [-0.25, -0.2) is 4.98 Å². The summed E-state index contributed by atoms with van der Waals surface area (Å²) in [5, 5.41) is 22.1. The molecule has 142 valence electrons. The molecule has 8 heteroatoms. The summed E-state index contributed by atoms with van der Waals surface area (Å²) in [5.41, 5.74) is 0.898. The quantitative estimate of drug-likeness (QED) is 0.606. The first-order chi connectivity index (χ1) is 12.7. The minimum atomic E-state index is -1.64. The number of Topliss-reactive ketones (excluding diaryl/α,β-unsaturated/α-hetero) is 1. The van der Waals surface area contributed by atoms with Gasteiger partial charge in [-0.1, -0.05) is 29.8 Å². The van der Waals surface area contributed by atoms with Gasteiger partial charge in [0.2, 0.25) is 0 Å². The lowest BCUT2D eigenvalue weighted by Gasteiger charge is -2.27. The van der Waals surface area contributed by atoms with Crippen LogP contribution < -0.4 is 5.32 Å². The van der Waals surface area contributed by atoms with Crippen molar-refractivity contribution in [2.45, 2.75) is 45.0 Å². The number of carbonyl (C=O) groups is 2. The fourth-order valence-electron chi connectivity index (χ4n) is 2.75. The Labute approximate surface area is 159 Å². The Balaban J connectivity index is 2.05. The van der Waals surface area contributed by atoms with Crippen LogP contribution in [0.1, 0.15) is 41.9 Å². The second-order valence-electron chi connectivity index (χ2n) is 7.16. The van der Waals surface area contributed by atoms with Crippen molar-refractivity contribution in [1.29, 1.82) is 0 Å². The van der Waals surface area contributed by atoms with Gasteiger partial charge < -0.3 is 15.4 Å². The zero-order valence-corrected chi connectivity index (χ0v) is 15.7. The highest BCUT2D eigenvalue weighted by Gasteiger charge is 2.35. The summed E-state index contributed by atoms with van der Waals surface area (Å²) in [6.45, 7) is 5.11. The molecule has 0 aliphatic carbocycles. The lowest BCUT2D eigenvalue weighted by molar-refractivity contribution is -0.124. The molecule has 1 atom stereocenters. The molecular formula is C19H24BN3O4. The average molecular weight is 369 g/mol. The third kappa shape index (κ3) is 5.97. The minimum absolute atomic E-state index is 0.0840. The van der Waals surface area contributed by atoms with Gasteiger partial charge in [-0.05, 0) is 32.8 Å². The SMILES string of the molecule is Cc1cccc(C[C@H](CC(=O)C(C)(C)NC(=O)c2cnccn2)B(O)O)c1. The van der Waals surface area contributed by atoms with Gasteiger partial charge in [0, 0.05) is 24.6 Å². The third-order valence-electron chi connectivity index (χ3n) is 4.37. The first-order valence-corrected chi connectivity index (χ1v) is 8.72. The summed E-state index contributed by atoms with van der Waals surface area (Å²) in [7, 11) is -1.64. The number of hydrogen-bond donors (Lipinski definition) is 3. The van der Waals surface area contributed by atoms with Crippen LogP contribution >= 0.6 is 0 Å². The number of aryl methyl sites for hydroxylation is 1. The molecule has 0 unspecified atom stereocenters. The molecule has 0 spiro atoms. The monoisotopic (exact) mass is 369 g/mol. The van der Waals surface area contributed by atoms with Gasteiger partial charge >= 0.3 is 7.12 Å². The van der Waals surface area contributed by atoms with Crippen LogP contribution in [0.4, 0.5) is 0 Å². The van der Waals surface area contributed by atoms with Crippen LogP contribution in [-0.4, -0.2) is 44.4 Å². The topological polar surface area (TPSA) is 112 Å². The zero-order valence-electron chi connectivity index (χ0n) is 15.7. The van der Waals surface area contributed by atoms with Crippen molar-refractivity contribution in [2.75, 3.05) is 0 Å². The van der Waals surface area contributed by atoms with Crippen molar-refractivity contribution in [3.05, 3.63) is 59.7 Å². The molecule has 0 bridgehead atoms. The largest absolute Gasteiger partial charge is 0.455 e. The van der Waals surface area contributed by atoms with Crippen molar-refractivity contribution in [3.8, 4) is 0 Å². The van der Waals surface area contributed by atoms with Gasteiger partial charge in [0.25, 0.3) is 5.91 Å². The number of amides is 1. The smallest absolute Gasteiger partial charge is 0.427 e. The summed E-state index contributed by atoms with van der Waals surface area (Å²) in [4.78, 5) is 32.7. The molecule has 1 aromatic heterocycles. The van der Waals surface area contributed by atoms with E-state index in [9.17, 15) is 19.6 Å². The lowest BCUT2D eigenvalue weighted by atomic mass is 9.66. The number of ketones is 1. The van der Waals surface area contributed by atoms with Crippen molar-refractivity contribution < 1.29 is 19.6 Å². The molecule has 1 heterocycles. The molecule has 1 aromatic carbocycles. The van der Waals surface area contributed by atoms with E-state index in [2.05, 4.69) is 15.3 Å². The van der Waals surface area contributed by atoms with Gasteiger partial charge in [0.05, 0.1) is 11.7 Å². The van der Waals surface area contributed by atoms with Gasteiger partial charge in [-0.2, -0.15) is 0 Å². The predicted octanol–water partition coefficient (Wildman–Crippen LogP) is 1.34. The van der Waals surface area contributed by atoms with E-state index < -0.39 is 24.4 Å². The second-order valence-corrected chi connectivity index (χ2v) is 7.16. The molecule has 0 aliphatic rings. The molecule has 0 aliphatic heterocycles. The Morgan fingerprint density at radius 3 is 2.59 bits per heavy atom. The molecule has 7 nitrogen and oxygen atoms in total. The molecule has 2 rings (SSSR count).